The van der Waals surface area contributed by atoms with E-state index >= 15 is 0 Å². The molecule has 1 heterocycles. The summed E-state index contributed by atoms with van der Waals surface area (Å²) in [6.45, 7) is 6.18. The van der Waals surface area contributed by atoms with E-state index < -0.39 is 0 Å². The maximum Gasteiger partial charge on any atom is 0.0674 e. The minimum atomic E-state index is 0.415. The van der Waals surface area contributed by atoms with Crippen molar-refractivity contribution in [3.63, 3.8) is 0 Å². The third kappa shape index (κ3) is 2.71. The average Bonchev–Trinajstić information content (AvgIpc) is 2.66. The molecule has 0 radical (unpaired) electrons. The number of nitrogens with two attached hydrogens (primary N) is 1. The van der Waals surface area contributed by atoms with Crippen LogP contribution >= 0.6 is 0 Å². The highest BCUT2D eigenvalue weighted by atomic mass is 16.5. The second-order valence-corrected chi connectivity index (χ2v) is 5.01. The number of rotatable bonds is 3. The lowest BCUT2D eigenvalue weighted by molar-refractivity contribution is -0.0400. The standard InChI is InChI=1S/C12H24N2O/c1-10-9-14(7-8-15-10)12-4-2-3-11(12)5-6-13/h10-12H,2-9,13H2,1H3. The van der Waals surface area contributed by atoms with Crippen LogP contribution in [-0.4, -0.2) is 43.3 Å². The van der Waals surface area contributed by atoms with Crippen molar-refractivity contribution in [1.82, 2.24) is 4.90 Å². The third-order valence-electron chi connectivity index (χ3n) is 3.90. The van der Waals surface area contributed by atoms with Crippen molar-refractivity contribution in [2.24, 2.45) is 11.7 Å². The number of nitrogens with zero attached hydrogens (tertiary/aromatic N) is 1. The van der Waals surface area contributed by atoms with Crippen LogP contribution in [0.1, 0.15) is 32.6 Å². The SMILES string of the molecule is CC1CN(C2CCCC2CCN)CCO1. The lowest BCUT2D eigenvalue weighted by Gasteiger charge is -2.38. The summed E-state index contributed by atoms with van der Waals surface area (Å²) >= 11 is 0. The molecule has 0 bridgehead atoms. The zero-order valence-corrected chi connectivity index (χ0v) is 9.82. The molecule has 88 valence electrons. The van der Waals surface area contributed by atoms with Gasteiger partial charge in [-0.1, -0.05) is 6.42 Å². The molecule has 1 aliphatic carbocycles. The monoisotopic (exact) mass is 212 g/mol. The van der Waals surface area contributed by atoms with Crippen LogP contribution in [0, 0.1) is 5.92 Å². The van der Waals surface area contributed by atoms with Gasteiger partial charge in [0.15, 0.2) is 0 Å². The summed E-state index contributed by atoms with van der Waals surface area (Å²) in [5.41, 5.74) is 5.68. The minimum absolute atomic E-state index is 0.415. The summed E-state index contributed by atoms with van der Waals surface area (Å²) in [7, 11) is 0. The fourth-order valence-electron chi connectivity index (χ4n) is 3.20. The molecule has 3 heteroatoms. The molecule has 0 aromatic carbocycles. The van der Waals surface area contributed by atoms with Crippen LogP contribution in [-0.2, 0) is 4.74 Å². The number of hydrogen-bond donors (Lipinski definition) is 1. The van der Waals surface area contributed by atoms with Crippen molar-refractivity contribution >= 4 is 0 Å². The second-order valence-electron chi connectivity index (χ2n) is 5.01. The van der Waals surface area contributed by atoms with Crippen LogP contribution < -0.4 is 5.73 Å². The van der Waals surface area contributed by atoms with Crippen molar-refractivity contribution in [2.45, 2.75) is 44.8 Å². The van der Waals surface area contributed by atoms with Gasteiger partial charge in [-0.05, 0) is 38.6 Å². The van der Waals surface area contributed by atoms with Crippen molar-refractivity contribution in [3.05, 3.63) is 0 Å². The van der Waals surface area contributed by atoms with Crippen LogP contribution in [0.4, 0.5) is 0 Å². The van der Waals surface area contributed by atoms with Crippen LogP contribution in [0.15, 0.2) is 0 Å². The lowest BCUT2D eigenvalue weighted by Crippen LogP contribution is -2.48. The molecule has 15 heavy (non-hydrogen) atoms. The molecule has 0 aromatic rings. The van der Waals surface area contributed by atoms with E-state index in [0.29, 0.717) is 6.10 Å². The van der Waals surface area contributed by atoms with E-state index in [1.807, 2.05) is 0 Å². The van der Waals surface area contributed by atoms with Crippen molar-refractivity contribution in [3.8, 4) is 0 Å². The lowest BCUT2D eigenvalue weighted by atomic mass is 9.97. The summed E-state index contributed by atoms with van der Waals surface area (Å²) in [4.78, 5) is 2.64. The molecule has 2 fully saturated rings. The van der Waals surface area contributed by atoms with Gasteiger partial charge in [0.1, 0.15) is 0 Å². The van der Waals surface area contributed by atoms with E-state index in [0.717, 1.165) is 38.2 Å². The second kappa shape index (κ2) is 5.28. The third-order valence-corrected chi connectivity index (χ3v) is 3.90. The first-order valence-electron chi connectivity index (χ1n) is 6.37. The normalized spacial score (nSPS) is 38.4. The molecule has 2 N–H and O–H groups in total. The molecule has 2 rings (SSSR count). The van der Waals surface area contributed by atoms with Gasteiger partial charge in [-0.2, -0.15) is 0 Å². The predicted octanol–water partition coefficient (Wildman–Crippen LogP) is 1.22. The summed E-state index contributed by atoms with van der Waals surface area (Å²) in [5, 5.41) is 0. The predicted molar refractivity (Wildman–Crippen MR) is 61.8 cm³/mol. The van der Waals surface area contributed by atoms with Crippen LogP contribution in [0.5, 0.6) is 0 Å². The Balaban J connectivity index is 1.90. The van der Waals surface area contributed by atoms with E-state index in [2.05, 4.69) is 11.8 Å². The minimum Gasteiger partial charge on any atom is -0.376 e. The van der Waals surface area contributed by atoms with Crippen LogP contribution in [0.25, 0.3) is 0 Å². The molecule has 3 unspecified atom stereocenters. The van der Waals surface area contributed by atoms with E-state index in [9.17, 15) is 0 Å². The van der Waals surface area contributed by atoms with Gasteiger partial charge >= 0.3 is 0 Å². The van der Waals surface area contributed by atoms with E-state index in [-0.39, 0.29) is 0 Å². The smallest absolute Gasteiger partial charge is 0.0674 e. The number of ether oxygens (including phenoxy) is 1. The van der Waals surface area contributed by atoms with Gasteiger partial charge in [-0.25, -0.2) is 0 Å². The Bertz CT molecular complexity index is 198. The summed E-state index contributed by atoms with van der Waals surface area (Å²) in [5.74, 6) is 0.847. The fraction of sp³-hybridized carbons (Fsp3) is 1.00. The van der Waals surface area contributed by atoms with Gasteiger partial charge in [0.25, 0.3) is 0 Å². The molecule has 3 atom stereocenters. The number of hydrogen-bond acceptors (Lipinski definition) is 3. The largest absolute Gasteiger partial charge is 0.376 e. The van der Waals surface area contributed by atoms with E-state index in [1.54, 1.807) is 0 Å². The molecular formula is C12H24N2O. The Morgan fingerprint density at radius 3 is 3.00 bits per heavy atom. The fourth-order valence-corrected chi connectivity index (χ4v) is 3.20. The summed E-state index contributed by atoms with van der Waals surface area (Å²) in [6, 6.07) is 0.792. The quantitative estimate of drug-likeness (QED) is 0.764. The van der Waals surface area contributed by atoms with Gasteiger partial charge in [0.05, 0.1) is 12.7 Å². The zero-order chi connectivity index (χ0) is 10.7. The molecule has 0 aromatic heterocycles. The van der Waals surface area contributed by atoms with Crippen LogP contribution in [0.3, 0.4) is 0 Å². The molecule has 1 saturated heterocycles. The summed E-state index contributed by atoms with van der Waals surface area (Å²) < 4.78 is 5.60. The molecule has 3 nitrogen and oxygen atoms in total. The Hall–Kier alpha value is -0.120. The highest BCUT2D eigenvalue weighted by Gasteiger charge is 2.33. The van der Waals surface area contributed by atoms with Crippen molar-refractivity contribution < 1.29 is 4.74 Å². The molecule has 1 aliphatic heterocycles. The van der Waals surface area contributed by atoms with Gasteiger partial charge in [0, 0.05) is 19.1 Å². The zero-order valence-electron chi connectivity index (χ0n) is 9.82. The van der Waals surface area contributed by atoms with Gasteiger partial charge in [0.2, 0.25) is 0 Å². The maximum absolute atomic E-state index is 5.68. The first-order valence-corrected chi connectivity index (χ1v) is 6.37. The first-order chi connectivity index (χ1) is 7.31. The molecule has 1 saturated carbocycles. The average molecular weight is 212 g/mol. The van der Waals surface area contributed by atoms with E-state index in [4.69, 9.17) is 10.5 Å². The Morgan fingerprint density at radius 2 is 2.27 bits per heavy atom. The summed E-state index contributed by atoms with van der Waals surface area (Å²) in [6.07, 6.45) is 5.76. The highest BCUT2D eigenvalue weighted by Crippen LogP contribution is 2.32. The molecule has 2 aliphatic rings. The van der Waals surface area contributed by atoms with Gasteiger partial charge in [-0.3, -0.25) is 4.90 Å². The molecule has 0 amide bonds. The molecular weight excluding hydrogens is 188 g/mol. The Kier molecular flexibility index (Phi) is 4.00. The Labute approximate surface area is 93.0 Å². The van der Waals surface area contributed by atoms with E-state index in [1.165, 1.54) is 25.7 Å². The van der Waals surface area contributed by atoms with Gasteiger partial charge in [-0.15, -0.1) is 0 Å². The van der Waals surface area contributed by atoms with Crippen molar-refractivity contribution in [2.75, 3.05) is 26.2 Å². The van der Waals surface area contributed by atoms with Gasteiger partial charge < -0.3 is 10.5 Å². The van der Waals surface area contributed by atoms with Crippen molar-refractivity contribution in [1.29, 1.82) is 0 Å². The maximum atomic E-state index is 5.68. The topological polar surface area (TPSA) is 38.5 Å². The first kappa shape index (κ1) is 11.4. The number of morpholine rings is 1. The molecule has 0 spiro atoms. The van der Waals surface area contributed by atoms with Crippen LogP contribution in [0.2, 0.25) is 0 Å². The Morgan fingerprint density at radius 1 is 1.40 bits per heavy atom. The highest BCUT2D eigenvalue weighted by molar-refractivity contribution is 4.87.